The molecule has 0 bridgehead atoms. The molecule has 3 nitrogen and oxygen atoms in total. The Bertz CT molecular complexity index is 169. The van der Waals surface area contributed by atoms with Gasteiger partial charge in [-0.15, -0.1) is 6.58 Å². The maximum absolute atomic E-state index is 10.6. The maximum Gasteiger partial charge on any atom is 0.421 e. The van der Waals surface area contributed by atoms with E-state index in [9.17, 15) is 4.79 Å². The van der Waals surface area contributed by atoms with Crippen LogP contribution in [-0.2, 0) is 4.74 Å². The summed E-state index contributed by atoms with van der Waals surface area (Å²) in [6.45, 7) is 3.73. The Morgan fingerprint density at radius 1 is 2.00 bits per heavy atom. The minimum atomic E-state index is -0.539. The number of amides is 1. The Balaban J connectivity index is 3.96. The molecule has 0 saturated heterocycles. The van der Waals surface area contributed by atoms with Gasteiger partial charge in [-0.25, -0.2) is 9.69 Å². The van der Waals surface area contributed by atoms with Crippen LogP contribution in [0.3, 0.4) is 0 Å². The number of hydrogen-bond donors (Lipinski definition) is 0. The molecule has 0 aliphatic heterocycles. The summed E-state index contributed by atoms with van der Waals surface area (Å²) in [5.74, 6) is 0. The highest BCUT2D eigenvalue weighted by atomic mass is 16.5. The number of carbonyl (C=O) groups excluding carboxylic acids is 1. The number of methoxy groups -OCH3 is 1. The van der Waals surface area contributed by atoms with Crippen LogP contribution in [0.1, 0.15) is 0 Å². The summed E-state index contributed by atoms with van der Waals surface area (Å²) in [5, 5.41) is 0. The molecule has 0 atom stereocenters. The zero-order valence-corrected chi connectivity index (χ0v) is 5.83. The van der Waals surface area contributed by atoms with E-state index in [1.165, 1.54) is 13.2 Å². The summed E-state index contributed by atoms with van der Waals surface area (Å²) in [4.78, 5) is 11.7. The third-order valence-corrected chi connectivity index (χ3v) is 0.863. The van der Waals surface area contributed by atoms with Gasteiger partial charge in [-0.05, 0) is 0 Å². The largest absolute Gasteiger partial charge is 0.452 e. The molecule has 54 valence electrons. The van der Waals surface area contributed by atoms with E-state index in [1.807, 2.05) is 0 Å². The van der Waals surface area contributed by atoms with Crippen molar-refractivity contribution in [3.8, 4) is 12.5 Å². The Morgan fingerprint density at radius 3 is 2.90 bits per heavy atom. The molecule has 0 rings (SSSR count). The van der Waals surface area contributed by atoms with Crippen LogP contribution in [0.2, 0.25) is 0 Å². The van der Waals surface area contributed by atoms with Crippen molar-refractivity contribution in [1.82, 2.24) is 4.90 Å². The molecular formula is C7H9NO2. The minimum Gasteiger partial charge on any atom is -0.452 e. The van der Waals surface area contributed by atoms with Gasteiger partial charge in [0.15, 0.2) is 0 Å². The van der Waals surface area contributed by atoms with Crippen LogP contribution in [0.4, 0.5) is 4.79 Å². The van der Waals surface area contributed by atoms with Crippen molar-refractivity contribution in [2.75, 3.05) is 13.7 Å². The molecule has 0 fully saturated rings. The smallest absolute Gasteiger partial charge is 0.421 e. The number of carbonyl (C=O) groups is 1. The van der Waals surface area contributed by atoms with Gasteiger partial charge in [-0.2, -0.15) is 0 Å². The van der Waals surface area contributed by atoms with E-state index in [0.717, 1.165) is 4.90 Å². The van der Waals surface area contributed by atoms with Crippen LogP contribution in [0.25, 0.3) is 0 Å². The third kappa shape index (κ3) is 2.23. The highest BCUT2D eigenvalue weighted by Crippen LogP contribution is 1.89. The second kappa shape index (κ2) is 4.45. The van der Waals surface area contributed by atoms with Gasteiger partial charge >= 0.3 is 6.09 Å². The number of nitrogens with zero attached hydrogens (tertiary/aromatic N) is 1. The lowest BCUT2D eigenvalue weighted by atomic mass is 10.6. The summed E-state index contributed by atoms with van der Waals surface area (Å²) < 4.78 is 4.35. The number of rotatable bonds is 2. The van der Waals surface area contributed by atoms with Crippen LogP contribution in [-0.4, -0.2) is 24.6 Å². The van der Waals surface area contributed by atoms with E-state index >= 15 is 0 Å². The first kappa shape index (κ1) is 8.57. The highest BCUT2D eigenvalue weighted by Gasteiger charge is 2.06. The standard InChI is InChI=1S/C7H9NO2/c1-4-6-8(5-2)7(9)10-3/h2,4H,1,6H2,3H3. The van der Waals surface area contributed by atoms with Gasteiger partial charge in [0.2, 0.25) is 0 Å². The third-order valence-electron chi connectivity index (χ3n) is 0.863. The minimum absolute atomic E-state index is 0.309. The molecule has 0 saturated carbocycles. The molecule has 0 N–H and O–H groups in total. The normalized spacial score (nSPS) is 7.60. The summed E-state index contributed by atoms with van der Waals surface area (Å²) in [6, 6.07) is 2.14. The fraction of sp³-hybridized carbons (Fsp3) is 0.286. The van der Waals surface area contributed by atoms with Gasteiger partial charge in [0, 0.05) is 6.04 Å². The van der Waals surface area contributed by atoms with Crippen molar-refractivity contribution >= 4 is 6.09 Å². The van der Waals surface area contributed by atoms with Crippen molar-refractivity contribution in [3.63, 3.8) is 0 Å². The van der Waals surface area contributed by atoms with Crippen LogP contribution in [0, 0.1) is 12.5 Å². The van der Waals surface area contributed by atoms with Gasteiger partial charge in [0.25, 0.3) is 0 Å². The predicted molar refractivity (Wildman–Crippen MR) is 38.1 cm³/mol. The van der Waals surface area contributed by atoms with Gasteiger partial charge in [0.05, 0.1) is 13.7 Å². The summed E-state index contributed by atoms with van der Waals surface area (Å²) in [7, 11) is 1.27. The van der Waals surface area contributed by atoms with Crippen LogP contribution < -0.4 is 0 Å². The molecule has 0 aromatic heterocycles. The lowest BCUT2D eigenvalue weighted by molar-refractivity contribution is 0.146. The lowest BCUT2D eigenvalue weighted by Crippen LogP contribution is -2.25. The fourth-order valence-electron chi connectivity index (χ4n) is 0.419. The van der Waals surface area contributed by atoms with Gasteiger partial charge in [-0.3, -0.25) is 0 Å². The molecule has 10 heavy (non-hydrogen) atoms. The molecule has 1 amide bonds. The van der Waals surface area contributed by atoms with Crippen molar-refractivity contribution in [2.24, 2.45) is 0 Å². The van der Waals surface area contributed by atoms with Crippen molar-refractivity contribution < 1.29 is 9.53 Å². The Labute approximate surface area is 60.3 Å². The summed E-state index contributed by atoms with van der Waals surface area (Å²) in [6.07, 6.45) is 5.95. The molecule has 0 spiro atoms. The molecule has 3 heteroatoms. The SMILES string of the molecule is C#CN(CC=C)C(=O)OC. The molecule has 0 aromatic rings. The number of terminal acetylenes is 1. The average Bonchev–Trinajstić information content (AvgIpc) is 1.99. The molecule has 0 heterocycles. The van der Waals surface area contributed by atoms with Crippen LogP contribution >= 0.6 is 0 Å². The first-order chi connectivity index (χ1) is 4.76. The van der Waals surface area contributed by atoms with Gasteiger partial charge < -0.3 is 4.74 Å². The van der Waals surface area contributed by atoms with E-state index in [4.69, 9.17) is 6.42 Å². The van der Waals surface area contributed by atoms with E-state index in [1.54, 1.807) is 0 Å². The Kier molecular flexibility index (Phi) is 3.81. The second-order valence-corrected chi connectivity index (χ2v) is 1.50. The predicted octanol–water partition coefficient (Wildman–Crippen LogP) is 0.832. The molecular weight excluding hydrogens is 130 g/mol. The number of ether oxygens (including phenoxy) is 1. The first-order valence-corrected chi connectivity index (χ1v) is 2.69. The first-order valence-electron chi connectivity index (χ1n) is 2.69. The maximum atomic E-state index is 10.6. The zero-order chi connectivity index (χ0) is 7.98. The molecule has 0 aromatic carbocycles. The van der Waals surface area contributed by atoms with Crippen molar-refractivity contribution in [1.29, 1.82) is 0 Å². The zero-order valence-electron chi connectivity index (χ0n) is 5.83. The van der Waals surface area contributed by atoms with E-state index in [2.05, 4.69) is 17.4 Å². The highest BCUT2D eigenvalue weighted by molar-refractivity contribution is 5.69. The van der Waals surface area contributed by atoms with E-state index < -0.39 is 6.09 Å². The van der Waals surface area contributed by atoms with Gasteiger partial charge in [0.1, 0.15) is 0 Å². The monoisotopic (exact) mass is 139 g/mol. The quantitative estimate of drug-likeness (QED) is 0.322. The van der Waals surface area contributed by atoms with Crippen molar-refractivity contribution in [3.05, 3.63) is 12.7 Å². The van der Waals surface area contributed by atoms with Crippen LogP contribution in [0.15, 0.2) is 12.7 Å². The second-order valence-electron chi connectivity index (χ2n) is 1.50. The lowest BCUT2D eigenvalue weighted by Gasteiger charge is -2.09. The average molecular weight is 139 g/mol. The molecule has 0 radical (unpaired) electrons. The van der Waals surface area contributed by atoms with Crippen molar-refractivity contribution in [2.45, 2.75) is 0 Å². The van der Waals surface area contributed by atoms with Gasteiger partial charge in [-0.1, -0.05) is 12.5 Å². The fourth-order valence-corrected chi connectivity index (χ4v) is 0.419. The number of hydrogen-bond acceptors (Lipinski definition) is 2. The Morgan fingerprint density at radius 2 is 2.60 bits per heavy atom. The summed E-state index contributed by atoms with van der Waals surface area (Å²) >= 11 is 0. The van der Waals surface area contributed by atoms with E-state index in [-0.39, 0.29) is 0 Å². The van der Waals surface area contributed by atoms with E-state index in [0.29, 0.717) is 6.54 Å². The Hall–Kier alpha value is -1.43. The van der Waals surface area contributed by atoms with Crippen LogP contribution in [0.5, 0.6) is 0 Å². The molecule has 0 unspecified atom stereocenters. The topological polar surface area (TPSA) is 29.5 Å². The summed E-state index contributed by atoms with van der Waals surface area (Å²) in [5.41, 5.74) is 0. The molecule has 0 aliphatic carbocycles. The molecule has 0 aliphatic rings.